The van der Waals surface area contributed by atoms with Gasteiger partial charge in [-0.05, 0) is 39.0 Å². The molecule has 0 saturated heterocycles. The number of rotatable bonds is 5. The van der Waals surface area contributed by atoms with Crippen LogP contribution in [0.1, 0.15) is 31.1 Å². The molecule has 3 N–H and O–H groups in total. The minimum Gasteiger partial charge on any atom is -0.489 e. The molecule has 0 aliphatic heterocycles. The summed E-state index contributed by atoms with van der Waals surface area (Å²) in [6.45, 7) is 6.79. The molecular formula is C14H22N2O3. The monoisotopic (exact) mass is 266 g/mol. The molecule has 0 spiro atoms. The predicted molar refractivity (Wildman–Crippen MR) is 75.4 cm³/mol. The number of anilines is 1. The lowest BCUT2D eigenvalue weighted by molar-refractivity contribution is -0.0162. The van der Waals surface area contributed by atoms with Gasteiger partial charge in [-0.3, -0.25) is 4.79 Å². The molecule has 0 bridgehead atoms. The number of amides is 1. The number of hydrogen-bond acceptors (Lipinski definition) is 4. The molecule has 5 heteroatoms. The Kier molecular flexibility index (Phi) is 5.18. The van der Waals surface area contributed by atoms with E-state index < -0.39 is 0 Å². The molecule has 1 rings (SSSR count). The van der Waals surface area contributed by atoms with Crippen molar-refractivity contribution >= 4 is 11.6 Å². The number of hydrogen-bond donors (Lipinski definition) is 2. The van der Waals surface area contributed by atoms with Crippen molar-refractivity contribution in [3.63, 3.8) is 0 Å². The maximum Gasteiger partial charge on any atom is 0.251 e. The highest BCUT2D eigenvalue weighted by Crippen LogP contribution is 2.22. The average molecular weight is 266 g/mol. The van der Waals surface area contributed by atoms with Gasteiger partial charge in [-0.25, -0.2) is 0 Å². The lowest BCUT2D eigenvalue weighted by atomic mass is 10.2. The van der Waals surface area contributed by atoms with E-state index in [0.29, 0.717) is 30.2 Å². The Morgan fingerprint density at radius 1 is 1.32 bits per heavy atom. The average Bonchev–Trinajstić information content (AvgIpc) is 2.34. The fourth-order valence-electron chi connectivity index (χ4n) is 1.44. The topological polar surface area (TPSA) is 73.6 Å². The van der Waals surface area contributed by atoms with Crippen molar-refractivity contribution in [1.82, 2.24) is 5.32 Å². The third-order valence-corrected chi connectivity index (χ3v) is 2.38. The first-order valence-electron chi connectivity index (χ1n) is 6.22. The Balaban J connectivity index is 2.60. The van der Waals surface area contributed by atoms with E-state index >= 15 is 0 Å². The van der Waals surface area contributed by atoms with Gasteiger partial charge < -0.3 is 20.5 Å². The molecule has 19 heavy (non-hydrogen) atoms. The van der Waals surface area contributed by atoms with Gasteiger partial charge in [-0.15, -0.1) is 0 Å². The second-order valence-corrected chi connectivity index (χ2v) is 5.14. The number of ether oxygens (including phenoxy) is 2. The number of carbonyl (C=O) groups excluding carboxylic acids is 1. The second-order valence-electron chi connectivity index (χ2n) is 5.14. The van der Waals surface area contributed by atoms with Gasteiger partial charge in [0.15, 0.2) is 0 Å². The highest BCUT2D eigenvalue weighted by atomic mass is 16.5. The van der Waals surface area contributed by atoms with Crippen LogP contribution in [0.5, 0.6) is 5.75 Å². The zero-order valence-electron chi connectivity index (χ0n) is 11.9. The van der Waals surface area contributed by atoms with Crippen molar-refractivity contribution < 1.29 is 14.3 Å². The van der Waals surface area contributed by atoms with Gasteiger partial charge in [0.05, 0.1) is 17.9 Å². The van der Waals surface area contributed by atoms with Gasteiger partial charge in [0, 0.05) is 12.6 Å². The molecule has 1 aromatic rings. The molecule has 0 radical (unpaired) electrons. The number of nitrogens with one attached hydrogen (secondary N) is 1. The standard InChI is InChI=1S/C14H22N2O3/c1-14(2,3)19-8-7-18-12-9-10(13(17)16-4)5-6-11(12)15/h5-6,9H,7-8,15H2,1-4H3,(H,16,17). The highest BCUT2D eigenvalue weighted by Gasteiger charge is 2.11. The lowest BCUT2D eigenvalue weighted by Crippen LogP contribution is -2.22. The van der Waals surface area contributed by atoms with Crippen molar-refractivity contribution in [2.75, 3.05) is 26.0 Å². The Morgan fingerprint density at radius 2 is 2.00 bits per heavy atom. The van der Waals surface area contributed by atoms with Crippen LogP contribution < -0.4 is 15.8 Å². The van der Waals surface area contributed by atoms with Crippen molar-refractivity contribution in [3.05, 3.63) is 23.8 Å². The van der Waals surface area contributed by atoms with Crippen molar-refractivity contribution in [3.8, 4) is 5.75 Å². The second kappa shape index (κ2) is 6.43. The SMILES string of the molecule is CNC(=O)c1ccc(N)c(OCCOC(C)(C)C)c1. The first-order chi connectivity index (χ1) is 8.83. The molecule has 0 aliphatic carbocycles. The van der Waals surface area contributed by atoms with Gasteiger partial charge in [-0.2, -0.15) is 0 Å². The molecule has 1 aromatic carbocycles. The normalized spacial score (nSPS) is 11.2. The molecule has 0 unspecified atom stereocenters. The van der Waals surface area contributed by atoms with Crippen LogP contribution in [0.2, 0.25) is 0 Å². The van der Waals surface area contributed by atoms with E-state index in [9.17, 15) is 4.79 Å². The van der Waals surface area contributed by atoms with Gasteiger partial charge in [0.2, 0.25) is 0 Å². The summed E-state index contributed by atoms with van der Waals surface area (Å²) in [6, 6.07) is 4.95. The maximum atomic E-state index is 11.5. The summed E-state index contributed by atoms with van der Waals surface area (Å²) < 4.78 is 11.1. The van der Waals surface area contributed by atoms with E-state index in [0.717, 1.165) is 0 Å². The Bertz CT molecular complexity index is 439. The van der Waals surface area contributed by atoms with Crippen LogP contribution in [0.3, 0.4) is 0 Å². The van der Waals surface area contributed by atoms with Crippen LogP contribution in [-0.2, 0) is 4.74 Å². The fraction of sp³-hybridized carbons (Fsp3) is 0.500. The van der Waals surface area contributed by atoms with Gasteiger partial charge in [0.25, 0.3) is 5.91 Å². The summed E-state index contributed by atoms with van der Waals surface area (Å²) in [5.74, 6) is 0.328. The number of nitrogen functional groups attached to an aromatic ring is 1. The molecule has 0 aromatic heterocycles. The zero-order valence-corrected chi connectivity index (χ0v) is 11.9. The van der Waals surface area contributed by atoms with E-state index in [2.05, 4.69) is 5.32 Å². The van der Waals surface area contributed by atoms with Crippen molar-refractivity contribution in [2.45, 2.75) is 26.4 Å². The zero-order chi connectivity index (χ0) is 14.5. The Labute approximate surface area is 114 Å². The van der Waals surface area contributed by atoms with E-state index in [1.807, 2.05) is 20.8 Å². The van der Waals surface area contributed by atoms with Gasteiger partial charge >= 0.3 is 0 Å². The fourth-order valence-corrected chi connectivity index (χ4v) is 1.44. The molecule has 0 atom stereocenters. The number of carbonyl (C=O) groups is 1. The van der Waals surface area contributed by atoms with Crippen LogP contribution in [0.4, 0.5) is 5.69 Å². The van der Waals surface area contributed by atoms with Gasteiger partial charge in [-0.1, -0.05) is 0 Å². The molecule has 0 saturated carbocycles. The summed E-state index contributed by atoms with van der Waals surface area (Å²) in [5.41, 5.74) is 6.63. The summed E-state index contributed by atoms with van der Waals surface area (Å²) in [6.07, 6.45) is 0. The van der Waals surface area contributed by atoms with E-state index in [1.165, 1.54) is 0 Å². The molecule has 0 fully saturated rings. The van der Waals surface area contributed by atoms with Crippen LogP contribution in [0, 0.1) is 0 Å². The summed E-state index contributed by atoms with van der Waals surface area (Å²) >= 11 is 0. The third-order valence-electron chi connectivity index (χ3n) is 2.38. The minimum absolute atomic E-state index is 0.171. The molecule has 0 aliphatic rings. The molecule has 106 valence electrons. The summed E-state index contributed by atoms with van der Waals surface area (Å²) in [5, 5.41) is 2.56. The molecular weight excluding hydrogens is 244 g/mol. The van der Waals surface area contributed by atoms with E-state index in [1.54, 1.807) is 25.2 Å². The van der Waals surface area contributed by atoms with Crippen LogP contribution in [0.15, 0.2) is 18.2 Å². The van der Waals surface area contributed by atoms with Crippen molar-refractivity contribution in [1.29, 1.82) is 0 Å². The van der Waals surface area contributed by atoms with Crippen molar-refractivity contribution in [2.24, 2.45) is 0 Å². The predicted octanol–water partition coefficient (Wildman–Crippen LogP) is 1.82. The minimum atomic E-state index is -0.196. The molecule has 1 amide bonds. The highest BCUT2D eigenvalue weighted by molar-refractivity contribution is 5.95. The van der Waals surface area contributed by atoms with Crippen LogP contribution in [0.25, 0.3) is 0 Å². The third kappa shape index (κ3) is 5.18. The number of nitrogens with two attached hydrogens (primary N) is 1. The smallest absolute Gasteiger partial charge is 0.251 e. The van der Waals surface area contributed by atoms with Crippen LogP contribution >= 0.6 is 0 Å². The first-order valence-corrected chi connectivity index (χ1v) is 6.22. The Morgan fingerprint density at radius 3 is 2.58 bits per heavy atom. The van der Waals surface area contributed by atoms with E-state index in [-0.39, 0.29) is 11.5 Å². The first kappa shape index (κ1) is 15.3. The number of benzene rings is 1. The quantitative estimate of drug-likeness (QED) is 0.630. The van der Waals surface area contributed by atoms with E-state index in [4.69, 9.17) is 15.2 Å². The van der Waals surface area contributed by atoms with Crippen LogP contribution in [-0.4, -0.2) is 31.8 Å². The lowest BCUT2D eigenvalue weighted by Gasteiger charge is -2.19. The summed E-state index contributed by atoms with van der Waals surface area (Å²) in [7, 11) is 1.58. The van der Waals surface area contributed by atoms with Gasteiger partial charge in [0.1, 0.15) is 12.4 Å². The molecule has 0 heterocycles. The summed E-state index contributed by atoms with van der Waals surface area (Å²) in [4.78, 5) is 11.5. The molecule has 5 nitrogen and oxygen atoms in total. The maximum absolute atomic E-state index is 11.5. The largest absolute Gasteiger partial charge is 0.489 e. The Hall–Kier alpha value is -1.75.